The van der Waals surface area contributed by atoms with Crippen LogP contribution in [0.3, 0.4) is 0 Å². The van der Waals surface area contributed by atoms with E-state index in [0.717, 1.165) is 51.0 Å². The van der Waals surface area contributed by atoms with E-state index >= 15 is 0 Å². The predicted octanol–water partition coefficient (Wildman–Crippen LogP) is 3.84. The zero-order valence-corrected chi connectivity index (χ0v) is 25.0. The van der Waals surface area contributed by atoms with Crippen molar-refractivity contribution in [3.8, 4) is 0 Å². The number of carbonyl (C=O) groups excluding carboxylic acids is 1. The lowest BCUT2D eigenvalue weighted by Crippen LogP contribution is -2.43. The summed E-state index contributed by atoms with van der Waals surface area (Å²) in [5.74, 6) is 1.04. The molecular formula is C29H40N8O3S. The Hall–Kier alpha value is -3.22. The third kappa shape index (κ3) is 8.17. The van der Waals surface area contributed by atoms with Gasteiger partial charge in [-0.05, 0) is 83.2 Å². The number of ether oxygens (including phenoxy) is 1. The maximum atomic E-state index is 13.3. The molecule has 2 saturated heterocycles. The number of piperidine rings is 1. The molecule has 0 spiro atoms. The zero-order chi connectivity index (χ0) is 28.8. The highest BCUT2D eigenvalue weighted by Crippen LogP contribution is 2.27. The molecule has 4 heterocycles. The quantitative estimate of drug-likeness (QED) is 0.382. The number of carbonyl (C=O) groups is 1. The molecule has 11 nitrogen and oxygen atoms in total. The lowest BCUT2D eigenvalue weighted by molar-refractivity contribution is 0.0365. The number of hydrogen-bond donors (Lipinski definition) is 2. The number of rotatable bonds is 8. The molecule has 2 fully saturated rings. The first kappa shape index (κ1) is 29.3. The summed E-state index contributed by atoms with van der Waals surface area (Å²) in [6.07, 6.45) is 7.91. The fraction of sp³-hybridized carbons (Fsp3) is 0.552. The molecule has 2 aliphatic rings. The minimum Gasteiger partial charge on any atom is -0.379 e. The third-order valence-corrected chi connectivity index (χ3v) is 8.63. The molecule has 220 valence electrons. The van der Waals surface area contributed by atoms with Gasteiger partial charge in [-0.3, -0.25) is 10.2 Å². The van der Waals surface area contributed by atoms with E-state index in [1.165, 1.54) is 44.6 Å². The summed E-state index contributed by atoms with van der Waals surface area (Å²) in [5.41, 5.74) is 1.47. The molecule has 12 heteroatoms. The second kappa shape index (κ2) is 13.2. The van der Waals surface area contributed by atoms with Gasteiger partial charge in [0.15, 0.2) is 11.5 Å². The number of aromatic nitrogens is 4. The molecule has 1 unspecified atom stereocenters. The lowest BCUT2D eigenvalue weighted by atomic mass is 9.92. The van der Waals surface area contributed by atoms with Crippen molar-refractivity contribution in [2.75, 3.05) is 56.2 Å². The average Bonchev–Trinajstić information content (AvgIpc) is 2.96. The average molecular weight is 581 g/mol. The highest BCUT2D eigenvalue weighted by atomic mass is 32.2. The monoisotopic (exact) mass is 580 g/mol. The number of nitrogens with zero attached hydrogens (tertiary/aromatic N) is 6. The number of benzene rings is 1. The topological polar surface area (TPSA) is 125 Å². The minimum atomic E-state index is -1.58. The predicted molar refractivity (Wildman–Crippen MR) is 160 cm³/mol. The summed E-state index contributed by atoms with van der Waals surface area (Å²) in [6, 6.07) is 7.44. The fourth-order valence-electron chi connectivity index (χ4n) is 5.23. The fourth-order valence-corrected chi connectivity index (χ4v) is 6.14. The molecule has 3 aromatic rings. The first-order valence-corrected chi connectivity index (χ1v) is 15.5. The van der Waals surface area contributed by atoms with Crippen LogP contribution in [-0.4, -0.2) is 86.6 Å². The second-order valence-electron chi connectivity index (χ2n) is 11.7. The van der Waals surface area contributed by atoms with Gasteiger partial charge in [0.2, 0.25) is 5.16 Å². The molecule has 0 radical (unpaired) electrons. The lowest BCUT2D eigenvalue weighted by Gasteiger charge is -2.34. The van der Waals surface area contributed by atoms with Crippen molar-refractivity contribution in [3.05, 3.63) is 36.7 Å². The molecule has 5 rings (SSSR count). The van der Waals surface area contributed by atoms with Crippen LogP contribution in [0.5, 0.6) is 0 Å². The van der Waals surface area contributed by atoms with Crippen LogP contribution in [0.2, 0.25) is 0 Å². The largest absolute Gasteiger partial charge is 0.379 e. The molecule has 0 aliphatic carbocycles. The Bertz CT molecular complexity index is 1350. The van der Waals surface area contributed by atoms with Gasteiger partial charge in [0.05, 0.1) is 25.6 Å². The van der Waals surface area contributed by atoms with E-state index in [4.69, 9.17) is 4.74 Å². The number of nitrogens with one attached hydrogen (secondary N) is 2. The molecule has 2 aliphatic heterocycles. The first-order chi connectivity index (χ1) is 19.7. The van der Waals surface area contributed by atoms with Crippen molar-refractivity contribution in [3.63, 3.8) is 0 Å². The van der Waals surface area contributed by atoms with E-state index in [1.807, 2.05) is 45.0 Å². The van der Waals surface area contributed by atoms with E-state index in [2.05, 4.69) is 40.4 Å². The van der Waals surface area contributed by atoms with Crippen molar-refractivity contribution >= 4 is 39.5 Å². The molecule has 41 heavy (non-hydrogen) atoms. The van der Waals surface area contributed by atoms with Crippen LogP contribution in [0.1, 0.15) is 46.5 Å². The standard InChI is InChI=1S/C29H40N8O3S/c1-29(2,3)35-27(38)33-25-20-30-24-19-31-28(34-26(24)32-25)41(39)23-8-6-22(7-9-23)37-13-10-21(11-14-37)5-4-12-36-15-17-40-18-16-36/h6-9,19-21H,4-5,10-18H2,1-3H3,(H2,31,32,33,34,35,38). The number of urea groups is 1. The number of hydrogen-bond acceptors (Lipinski definition) is 9. The highest BCUT2D eigenvalue weighted by molar-refractivity contribution is 7.84. The summed E-state index contributed by atoms with van der Waals surface area (Å²) < 4.78 is 18.7. The molecule has 0 bridgehead atoms. The van der Waals surface area contributed by atoms with Gasteiger partial charge in [-0.2, -0.15) is 4.98 Å². The van der Waals surface area contributed by atoms with Crippen LogP contribution in [0.4, 0.5) is 16.3 Å². The third-order valence-electron chi connectivity index (χ3n) is 7.40. The zero-order valence-electron chi connectivity index (χ0n) is 24.1. The summed E-state index contributed by atoms with van der Waals surface area (Å²) in [4.78, 5) is 35.1. The maximum Gasteiger partial charge on any atom is 0.320 e. The van der Waals surface area contributed by atoms with Crippen molar-refractivity contribution in [1.29, 1.82) is 0 Å². The molecule has 2 N–H and O–H groups in total. The molecule has 1 aromatic carbocycles. The van der Waals surface area contributed by atoms with Crippen molar-refractivity contribution in [2.45, 2.75) is 62.0 Å². The van der Waals surface area contributed by atoms with Gasteiger partial charge < -0.3 is 15.0 Å². The van der Waals surface area contributed by atoms with Crippen LogP contribution >= 0.6 is 0 Å². The minimum absolute atomic E-state index is 0.147. The summed E-state index contributed by atoms with van der Waals surface area (Å²) in [6.45, 7) is 12.8. The van der Waals surface area contributed by atoms with E-state index in [1.54, 1.807) is 0 Å². The van der Waals surface area contributed by atoms with Gasteiger partial charge in [0.25, 0.3) is 0 Å². The van der Waals surface area contributed by atoms with Crippen molar-refractivity contribution in [2.24, 2.45) is 5.92 Å². The van der Waals surface area contributed by atoms with E-state index < -0.39 is 22.4 Å². The Morgan fingerprint density at radius 3 is 2.46 bits per heavy atom. The van der Waals surface area contributed by atoms with Gasteiger partial charge in [-0.25, -0.2) is 24.0 Å². The van der Waals surface area contributed by atoms with Gasteiger partial charge in [-0.1, -0.05) is 0 Å². The van der Waals surface area contributed by atoms with E-state index in [9.17, 15) is 9.00 Å². The Morgan fingerprint density at radius 2 is 1.76 bits per heavy atom. The molecule has 2 aromatic heterocycles. The van der Waals surface area contributed by atoms with E-state index in [-0.39, 0.29) is 16.6 Å². The second-order valence-corrected chi connectivity index (χ2v) is 13.1. The van der Waals surface area contributed by atoms with Gasteiger partial charge in [0, 0.05) is 42.3 Å². The Morgan fingerprint density at radius 1 is 1.02 bits per heavy atom. The normalized spacial score (nSPS) is 17.9. The van der Waals surface area contributed by atoms with Crippen LogP contribution in [0, 0.1) is 5.92 Å². The Labute approximate surface area is 244 Å². The van der Waals surface area contributed by atoms with Gasteiger partial charge in [-0.15, -0.1) is 0 Å². The molecular weight excluding hydrogens is 540 g/mol. The van der Waals surface area contributed by atoms with Crippen molar-refractivity contribution < 1.29 is 13.7 Å². The number of amides is 2. The summed E-state index contributed by atoms with van der Waals surface area (Å²) >= 11 is 0. The molecule has 1 atom stereocenters. The Kier molecular flexibility index (Phi) is 9.41. The van der Waals surface area contributed by atoms with E-state index in [0.29, 0.717) is 10.4 Å². The van der Waals surface area contributed by atoms with Crippen LogP contribution in [0.25, 0.3) is 11.2 Å². The smallest absolute Gasteiger partial charge is 0.320 e. The summed E-state index contributed by atoms with van der Waals surface area (Å²) in [5, 5.41) is 5.62. The molecule has 0 saturated carbocycles. The van der Waals surface area contributed by atoms with Crippen LogP contribution < -0.4 is 15.5 Å². The SMILES string of the molecule is CC(C)(C)NC(=O)Nc1cnc2cnc(S(=O)c3ccc(N4CCC(CCCN5CCOCC5)CC4)cc3)nc2n1. The van der Waals surface area contributed by atoms with Crippen LogP contribution in [-0.2, 0) is 15.5 Å². The van der Waals surface area contributed by atoms with Crippen molar-refractivity contribution in [1.82, 2.24) is 30.2 Å². The first-order valence-electron chi connectivity index (χ1n) is 14.4. The Balaban J connectivity index is 1.15. The van der Waals surface area contributed by atoms with Gasteiger partial charge in [0.1, 0.15) is 16.3 Å². The van der Waals surface area contributed by atoms with Crippen LogP contribution in [0.15, 0.2) is 46.7 Å². The number of fused-ring (bicyclic) bond motifs is 1. The number of morpholine rings is 1. The van der Waals surface area contributed by atoms with Gasteiger partial charge >= 0.3 is 6.03 Å². The maximum absolute atomic E-state index is 13.3. The molecule has 2 amide bonds. The number of anilines is 2. The summed E-state index contributed by atoms with van der Waals surface area (Å²) in [7, 11) is -1.58. The highest BCUT2D eigenvalue weighted by Gasteiger charge is 2.21.